The van der Waals surface area contributed by atoms with Gasteiger partial charge < -0.3 is 5.32 Å². The van der Waals surface area contributed by atoms with Crippen LogP contribution in [-0.2, 0) is 0 Å². The van der Waals surface area contributed by atoms with E-state index in [1.54, 1.807) is 0 Å². The number of nitrogens with zero attached hydrogens (tertiary/aromatic N) is 3. The molecule has 2 heterocycles. The van der Waals surface area contributed by atoms with Crippen LogP contribution in [0.5, 0.6) is 0 Å². The molecule has 0 fully saturated rings. The maximum absolute atomic E-state index is 4.75. The molecule has 0 spiro atoms. The molecule has 4 heteroatoms. The van der Waals surface area contributed by atoms with Gasteiger partial charge in [0.25, 0.3) is 0 Å². The monoisotopic (exact) mass is 284 g/mol. The van der Waals surface area contributed by atoms with E-state index in [9.17, 15) is 0 Å². The molecular weight excluding hydrogens is 260 g/mol. The molecule has 2 aromatic heterocycles. The second-order valence-electron chi connectivity index (χ2n) is 5.72. The van der Waals surface area contributed by atoms with Gasteiger partial charge in [-0.05, 0) is 45.7 Å². The summed E-state index contributed by atoms with van der Waals surface area (Å²) >= 11 is 0. The minimum absolute atomic E-state index is 0.397. The van der Waals surface area contributed by atoms with Crippen molar-refractivity contribution in [2.45, 2.75) is 47.5 Å². The third-order valence-electron chi connectivity index (χ3n) is 3.40. The molecular formula is C17H24N4. The molecule has 0 radical (unpaired) electrons. The average molecular weight is 284 g/mol. The van der Waals surface area contributed by atoms with E-state index in [1.165, 1.54) is 5.56 Å². The molecule has 0 aromatic carbocycles. The van der Waals surface area contributed by atoms with Gasteiger partial charge in [-0.3, -0.25) is 4.98 Å². The van der Waals surface area contributed by atoms with Crippen LogP contribution in [0, 0.1) is 20.8 Å². The number of nitrogens with one attached hydrogen (secondary N) is 1. The van der Waals surface area contributed by atoms with Crippen molar-refractivity contribution in [2.24, 2.45) is 0 Å². The Balaban J connectivity index is 2.60. The van der Waals surface area contributed by atoms with Crippen molar-refractivity contribution in [1.29, 1.82) is 0 Å². The van der Waals surface area contributed by atoms with E-state index >= 15 is 0 Å². The van der Waals surface area contributed by atoms with Gasteiger partial charge in [-0.25, -0.2) is 9.97 Å². The van der Waals surface area contributed by atoms with Gasteiger partial charge in [0.05, 0.1) is 0 Å². The van der Waals surface area contributed by atoms with Crippen molar-refractivity contribution in [3.8, 4) is 11.4 Å². The van der Waals surface area contributed by atoms with Crippen LogP contribution >= 0.6 is 0 Å². The number of aromatic nitrogens is 3. The van der Waals surface area contributed by atoms with Gasteiger partial charge in [0, 0.05) is 34.8 Å². The van der Waals surface area contributed by atoms with E-state index < -0.39 is 0 Å². The Morgan fingerprint density at radius 2 is 1.62 bits per heavy atom. The van der Waals surface area contributed by atoms with Crippen LogP contribution < -0.4 is 5.32 Å². The number of pyridine rings is 1. The lowest BCUT2D eigenvalue weighted by Crippen LogP contribution is -2.09. The van der Waals surface area contributed by atoms with E-state index in [2.05, 4.69) is 38.0 Å². The Kier molecular flexibility index (Phi) is 4.56. The second-order valence-corrected chi connectivity index (χ2v) is 5.72. The van der Waals surface area contributed by atoms with Crippen molar-refractivity contribution in [3.63, 3.8) is 0 Å². The third-order valence-corrected chi connectivity index (χ3v) is 3.40. The molecule has 0 aliphatic rings. The number of hydrogen-bond acceptors (Lipinski definition) is 4. The molecule has 2 rings (SSSR count). The first-order valence-corrected chi connectivity index (χ1v) is 7.50. The molecule has 0 aliphatic carbocycles. The summed E-state index contributed by atoms with van der Waals surface area (Å²) in [6.07, 6.45) is 0. The molecule has 4 nitrogen and oxygen atoms in total. The zero-order chi connectivity index (χ0) is 15.6. The molecule has 0 saturated carbocycles. The number of hydrogen-bond donors (Lipinski definition) is 1. The molecule has 0 unspecified atom stereocenters. The van der Waals surface area contributed by atoms with Crippen LogP contribution in [-0.4, -0.2) is 21.5 Å². The first kappa shape index (κ1) is 15.4. The van der Waals surface area contributed by atoms with Crippen LogP contribution in [0.25, 0.3) is 11.4 Å². The maximum Gasteiger partial charge on any atom is 0.161 e. The van der Waals surface area contributed by atoms with E-state index in [4.69, 9.17) is 9.97 Å². The van der Waals surface area contributed by atoms with E-state index in [1.807, 2.05) is 26.0 Å². The Hall–Kier alpha value is -1.97. The van der Waals surface area contributed by atoms with Gasteiger partial charge in [-0.1, -0.05) is 13.8 Å². The van der Waals surface area contributed by atoms with Crippen LogP contribution in [0.2, 0.25) is 0 Å². The summed E-state index contributed by atoms with van der Waals surface area (Å²) in [6.45, 7) is 13.3. The minimum atomic E-state index is 0.397. The largest absolute Gasteiger partial charge is 0.370 e. The lowest BCUT2D eigenvalue weighted by molar-refractivity contribution is 0.831. The van der Waals surface area contributed by atoms with Crippen LogP contribution in [0.3, 0.4) is 0 Å². The molecule has 0 atom stereocenters. The number of aryl methyl sites for hydroxylation is 3. The van der Waals surface area contributed by atoms with Crippen molar-refractivity contribution < 1.29 is 0 Å². The minimum Gasteiger partial charge on any atom is -0.370 e. The Morgan fingerprint density at radius 3 is 2.14 bits per heavy atom. The van der Waals surface area contributed by atoms with Crippen molar-refractivity contribution in [3.05, 3.63) is 34.8 Å². The summed E-state index contributed by atoms with van der Waals surface area (Å²) in [5, 5.41) is 3.37. The Morgan fingerprint density at radius 1 is 1.00 bits per heavy atom. The van der Waals surface area contributed by atoms with Crippen molar-refractivity contribution >= 4 is 5.82 Å². The van der Waals surface area contributed by atoms with Gasteiger partial charge in [-0.2, -0.15) is 0 Å². The first-order valence-electron chi connectivity index (χ1n) is 7.50. The first-order chi connectivity index (χ1) is 9.92. The summed E-state index contributed by atoms with van der Waals surface area (Å²) in [5.74, 6) is 2.11. The fourth-order valence-electron chi connectivity index (χ4n) is 2.67. The van der Waals surface area contributed by atoms with Crippen molar-refractivity contribution in [1.82, 2.24) is 15.0 Å². The summed E-state index contributed by atoms with van der Waals surface area (Å²) in [4.78, 5) is 13.9. The van der Waals surface area contributed by atoms with E-state index in [0.717, 1.165) is 40.8 Å². The smallest absolute Gasteiger partial charge is 0.161 e. The summed E-state index contributed by atoms with van der Waals surface area (Å²) in [7, 11) is 0. The van der Waals surface area contributed by atoms with E-state index in [0.29, 0.717) is 5.92 Å². The zero-order valence-electron chi connectivity index (χ0n) is 13.8. The lowest BCUT2D eigenvalue weighted by Gasteiger charge is -2.17. The number of rotatable bonds is 4. The van der Waals surface area contributed by atoms with Crippen LogP contribution in [0.4, 0.5) is 5.82 Å². The van der Waals surface area contributed by atoms with E-state index in [-0.39, 0.29) is 0 Å². The van der Waals surface area contributed by atoms with Crippen molar-refractivity contribution in [2.75, 3.05) is 11.9 Å². The topological polar surface area (TPSA) is 50.7 Å². The average Bonchev–Trinajstić information content (AvgIpc) is 2.36. The highest BCUT2D eigenvalue weighted by atomic mass is 15.0. The molecule has 1 N–H and O–H groups in total. The molecule has 0 aliphatic heterocycles. The van der Waals surface area contributed by atoms with Crippen LogP contribution in [0.15, 0.2) is 12.1 Å². The van der Waals surface area contributed by atoms with Gasteiger partial charge in [0.1, 0.15) is 5.82 Å². The maximum atomic E-state index is 4.75. The lowest BCUT2D eigenvalue weighted by atomic mass is 10.0. The number of anilines is 1. The highest BCUT2D eigenvalue weighted by molar-refractivity contribution is 5.61. The van der Waals surface area contributed by atoms with Gasteiger partial charge in [0.2, 0.25) is 0 Å². The van der Waals surface area contributed by atoms with Gasteiger partial charge in [-0.15, -0.1) is 0 Å². The summed E-state index contributed by atoms with van der Waals surface area (Å²) in [6, 6.07) is 4.07. The SMILES string of the molecule is CCNc1nc(-c2cc(C)nc(C)c2)nc(C)c1C(C)C. The second kappa shape index (κ2) is 6.20. The Bertz CT molecular complexity index is 627. The van der Waals surface area contributed by atoms with Gasteiger partial charge >= 0.3 is 0 Å². The summed E-state index contributed by atoms with van der Waals surface area (Å²) in [5.41, 5.74) is 5.24. The highest BCUT2D eigenvalue weighted by Gasteiger charge is 2.15. The van der Waals surface area contributed by atoms with Crippen LogP contribution in [0.1, 0.15) is 49.3 Å². The third kappa shape index (κ3) is 3.38. The normalized spacial score (nSPS) is 11.0. The Labute approximate surface area is 127 Å². The quantitative estimate of drug-likeness (QED) is 0.921. The molecule has 0 saturated heterocycles. The fraction of sp³-hybridized carbons (Fsp3) is 0.471. The standard InChI is InChI=1S/C17H24N4/c1-7-18-17-15(10(2)3)13(6)20-16(21-17)14-8-11(4)19-12(5)9-14/h8-10H,7H2,1-6H3,(H,18,20,21). The summed E-state index contributed by atoms with van der Waals surface area (Å²) < 4.78 is 0. The molecule has 0 amide bonds. The zero-order valence-corrected chi connectivity index (χ0v) is 13.8. The molecule has 2 aromatic rings. The molecule has 112 valence electrons. The predicted molar refractivity (Wildman–Crippen MR) is 87.7 cm³/mol. The molecule has 21 heavy (non-hydrogen) atoms. The highest BCUT2D eigenvalue weighted by Crippen LogP contribution is 2.28. The fourth-order valence-corrected chi connectivity index (χ4v) is 2.67. The molecule has 0 bridgehead atoms. The predicted octanol–water partition coefficient (Wildman–Crippen LogP) is 4.02. The van der Waals surface area contributed by atoms with Gasteiger partial charge in [0.15, 0.2) is 5.82 Å².